The summed E-state index contributed by atoms with van der Waals surface area (Å²) in [5.74, 6) is 0. The van der Waals surface area contributed by atoms with E-state index in [4.69, 9.17) is 5.11 Å². The Morgan fingerprint density at radius 3 is 2.76 bits per heavy atom. The van der Waals surface area contributed by atoms with E-state index in [0.29, 0.717) is 12.2 Å². The number of amides is 1. The number of hydrogen-bond donors (Lipinski definition) is 3. The van der Waals surface area contributed by atoms with E-state index in [1.165, 1.54) is 0 Å². The van der Waals surface area contributed by atoms with Crippen LogP contribution in [0.3, 0.4) is 0 Å². The van der Waals surface area contributed by atoms with Gasteiger partial charge in [-0.1, -0.05) is 0 Å². The van der Waals surface area contributed by atoms with Gasteiger partial charge in [0.25, 0.3) is 0 Å². The van der Waals surface area contributed by atoms with Crippen LogP contribution in [0.4, 0.5) is 10.5 Å². The third kappa shape index (κ3) is 3.79. The van der Waals surface area contributed by atoms with Crippen LogP contribution in [0.2, 0.25) is 0 Å². The smallest absolute Gasteiger partial charge is 0.409 e. The van der Waals surface area contributed by atoms with Crippen molar-refractivity contribution in [2.24, 2.45) is 0 Å². The zero-order chi connectivity index (χ0) is 15.6. The Hall–Kier alpha value is -1.93. The lowest BCUT2D eigenvalue weighted by atomic mass is 10.3. The van der Waals surface area contributed by atoms with Gasteiger partial charge in [0.2, 0.25) is 0 Å². The molecule has 2 aromatic rings. The summed E-state index contributed by atoms with van der Waals surface area (Å²) in [5, 5.41) is 11.0. The number of nitrogens with zero attached hydrogens (tertiary/aromatic N) is 2. The minimum Gasteiger partial charge on any atom is -0.465 e. The van der Waals surface area contributed by atoms with Gasteiger partial charge in [-0.05, 0) is 32.9 Å². The molecule has 0 bridgehead atoms. The lowest BCUT2D eigenvalue weighted by Crippen LogP contribution is -2.33. The second kappa shape index (κ2) is 5.82. The van der Waals surface area contributed by atoms with Crippen LogP contribution in [0.15, 0.2) is 24.7 Å². The second-order valence-corrected chi connectivity index (χ2v) is 7.58. The summed E-state index contributed by atoms with van der Waals surface area (Å²) in [6, 6.07) is 3.44. The summed E-state index contributed by atoms with van der Waals surface area (Å²) in [6.07, 6.45) is 2.12. The fraction of sp³-hybridized carbons (Fsp3) is 0.385. The molecule has 114 valence electrons. The first-order valence-electron chi connectivity index (χ1n) is 6.38. The summed E-state index contributed by atoms with van der Waals surface area (Å²) in [4.78, 5) is 14.9. The van der Waals surface area contributed by atoms with Crippen molar-refractivity contribution in [2.45, 2.75) is 32.1 Å². The predicted molar refractivity (Wildman–Crippen MR) is 81.6 cm³/mol. The molecule has 0 aliphatic rings. The Bertz CT molecular complexity index is 690. The molecule has 0 aliphatic heterocycles. The third-order valence-electron chi connectivity index (χ3n) is 2.79. The first-order chi connectivity index (χ1) is 9.77. The molecule has 0 saturated heterocycles. The lowest BCUT2D eigenvalue weighted by Gasteiger charge is -2.17. The maximum absolute atomic E-state index is 12.0. The molecule has 8 heteroatoms. The fourth-order valence-electron chi connectivity index (χ4n) is 1.74. The number of nitrogens with one attached hydrogen (secondary N) is 2. The molecule has 7 nitrogen and oxygen atoms in total. The van der Waals surface area contributed by atoms with Gasteiger partial charge in [0.1, 0.15) is 0 Å². The molecular formula is C13H18N4O3S. The van der Waals surface area contributed by atoms with Crippen molar-refractivity contribution < 1.29 is 14.1 Å². The Balaban J connectivity index is 2.15. The highest BCUT2D eigenvalue weighted by molar-refractivity contribution is 7.84. The molecule has 1 unspecified atom stereocenters. The van der Waals surface area contributed by atoms with E-state index < -0.39 is 17.1 Å². The Labute approximate surface area is 125 Å². The zero-order valence-corrected chi connectivity index (χ0v) is 12.9. The van der Waals surface area contributed by atoms with Gasteiger partial charge in [-0.15, -0.1) is 0 Å². The maximum atomic E-state index is 12.0. The molecule has 1 amide bonds. The largest absolute Gasteiger partial charge is 0.465 e. The second-order valence-electron chi connectivity index (χ2n) is 5.53. The molecule has 0 aromatic carbocycles. The topological polar surface area (TPSA) is 95.7 Å². The van der Waals surface area contributed by atoms with Crippen molar-refractivity contribution in [3.63, 3.8) is 0 Å². The molecule has 3 N–H and O–H groups in total. The first-order valence-corrected chi connectivity index (χ1v) is 7.53. The SMILES string of the molecule is CC(C)(C)S(=O)NCc1ncn2cc(NC(=O)O)ccc12. The van der Waals surface area contributed by atoms with Gasteiger partial charge in [-0.25, -0.2) is 18.7 Å². The summed E-state index contributed by atoms with van der Waals surface area (Å²) in [6.45, 7) is 6.06. The van der Waals surface area contributed by atoms with Crippen LogP contribution in [-0.2, 0) is 17.5 Å². The fourth-order valence-corrected chi connectivity index (χ4v) is 2.44. The number of anilines is 1. The molecule has 0 spiro atoms. The average molecular weight is 310 g/mol. The highest BCUT2D eigenvalue weighted by atomic mass is 32.2. The van der Waals surface area contributed by atoms with E-state index in [1.807, 2.05) is 20.8 Å². The first kappa shape index (κ1) is 15.5. The normalized spacial score (nSPS) is 13.3. The number of imidazole rings is 1. The van der Waals surface area contributed by atoms with E-state index in [9.17, 15) is 9.00 Å². The van der Waals surface area contributed by atoms with E-state index >= 15 is 0 Å². The van der Waals surface area contributed by atoms with E-state index in [1.54, 1.807) is 29.1 Å². The van der Waals surface area contributed by atoms with Crippen molar-refractivity contribution >= 4 is 28.3 Å². The summed E-state index contributed by atoms with van der Waals surface area (Å²) in [7, 11) is -1.17. The van der Waals surface area contributed by atoms with Gasteiger partial charge >= 0.3 is 6.09 Å². The number of carboxylic acid groups (broad SMARTS) is 1. The molecule has 2 aromatic heterocycles. The Morgan fingerprint density at radius 2 is 2.14 bits per heavy atom. The molecule has 21 heavy (non-hydrogen) atoms. The van der Waals surface area contributed by atoms with E-state index in [2.05, 4.69) is 15.0 Å². The van der Waals surface area contributed by atoms with Crippen LogP contribution in [0.5, 0.6) is 0 Å². The van der Waals surface area contributed by atoms with Crippen LogP contribution >= 0.6 is 0 Å². The van der Waals surface area contributed by atoms with Crippen LogP contribution in [0.25, 0.3) is 5.52 Å². The number of aromatic nitrogens is 2. The van der Waals surface area contributed by atoms with Crippen molar-refractivity contribution in [3.05, 3.63) is 30.4 Å². The van der Waals surface area contributed by atoms with Crippen molar-refractivity contribution in [1.82, 2.24) is 14.1 Å². The van der Waals surface area contributed by atoms with Crippen LogP contribution in [0, 0.1) is 0 Å². The van der Waals surface area contributed by atoms with Crippen LogP contribution in [0.1, 0.15) is 26.5 Å². The molecule has 0 saturated carbocycles. The Kier molecular flexibility index (Phi) is 4.29. The number of pyridine rings is 1. The van der Waals surface area contributed by atoms with E-state index in [0.717, 1.165) is 11.2 Å². The van der Waals surface area contributed by atoms with Crippen LogP contribution < -0.4 is 10.0 Å². The molecular weight excluding hydrogens is 292 g/mol. The minimum absolute atomic E-state index is 0.339. The molecule has 0 radical (unpaired) electrons. The van der Waals surface area contributed by atoms with Gasteiger partial charge in [0, 0.05) is 6.20 Å². The zero-order valence-electron chi connectivity index (χ0n) is 12.1. The lowest BCUT2D eigenvalue weighted by molar-refractivity contribution is 0.209. The predicted octanol–water partition coefficient (Wildman–Crippen LogP) is 1.98. The molecule has 2 heterocycles. The highest BCUT2D eigenvalue weighted by Gasteiger charge is 2.19. The maximum Gasteiger partial charge on any atom is 0.409 e. The van der Waals surface area contributed by atoms with Crippen molar-refractivity contribution in [2.75, 3.05) is 5.32 Å². The number of carbonyl (C=O) groups is 1. The standard InChI is InChI=1S/C13H18N4O3S/c1-13(2,3)21(20)15-6-10-11-5-4-9(16-12(18)19)7-17(11)8-14-10/h4-5,7-8,15-16H,6H2,1-3H3,(H,18,19). The molecule has 0 aliphatic carbocycles. The number of rotatable bonds is 4. The molecule has 0 fully saturated rings. The quantitative estimate of drug-likeness (QED) is 0.804. The number of fused-ring (bicyclic) bond motifs is 1. The van der Waals surface area contributed by atoms with Crippen molar-refractivity contribution in [1.29, 1.82) is 0 Å². The molecule has 2 rings (SSSR count). The van der Waals surface area contributed by atoms with Gasteiger partial charge in [0.15, 0.2) is 0 Å². The third-order valence-corrected chi connectivity index (χ3v) is 4.31. The van der Waals surface area contributed by atoms with Crippen LogP contribution in [-0.4, -0.2) is 29.5 Å². The highest BCUT2D eigenvalue weighted by Crippen LogP contribution is 2.15. The molecule has 1 atom stereocenters. The average Bonchev–Trinajstić information content (AvgIpc) is 2.76. The minimum atomic E-state index is -1.17. The monoisotopic (exact) mass is 310 g/mol. The summed E-state index contributed by atoms with van der Waals surface area (Å²) >= 11 is 0. The van der Waals surface area contributed by atoms with Gasteiger partial charge < -0.3 is 9.51 Å². The summed E-state index contributed by atoms with van der Waals surface area (Å²) < 4.78 is 16.3. The van der Waals surface area contributed by atoms with Crippen molar-refractivity contribution in [3.8, 4) is 0 Å². The van der Waals surface area contributed by atoms with Gasteiger partial charge in [-0.2, -0.15) is 0 Å². The number of hydrogen-bond acceptors (Lipinski definition) is 3. The summed E-state index contributed by atoms with van der Waals surface area (Å²) in [5.41, 5.74) is 2.06. The van der Waals surface area contributed by atoms with Gasteiger partial charge in [0.05, 0.1) is 45.5 Å². The van der Waals surface area contributed by atoms with Gasteiger partial charge in [-0.3, -0.25) is 5.32 Å². The van der Waals surface area contributed by atoms with E-state index in [-0.39, 0.29) is 4.75 Å². The Morgan fingerprint density at radius 1 is 1.43 bits per heavy atom.